The number of hydrogen-bond acceptors (Lipinski definition) is 4. The van der Waals surface area contributed by atoms with Crippen LogP contribution in [0.2, 0.25) is 0 Å². The molecular formula is C17H16N4O3. The van der Waals surface area contributed by atoms with Crippen LogP contribution < -0.4 is 5.32 Å². The van der Waals surface area contributed by atoms with Crippen LogP contribution in [0, 0.1) is 0 Å². The zero-order chi connectivity index (χ0) is 16.9. The summed E-state index contributed by atoms with van der Waals surface area (Å²) < 4.78 is 1.49. The first-order valence-electron chi connectivity index (χ1n) is 7.48. The molecule has 0 saturated carbocycles. The molecule has 1 atom stereocenters. The number of nitrogens with one attached hydrogen (secondary N) is 1. The number of hydrogen-bond donors (Lipinski definition) is 2. The molecule has 1 aromatic heterocycles. The van der Waals surface area contributed by atoms with Gasteiger partial charge in [0.25, 0.3) is 0 Å². The minimum atomic E-state index is -0.977. The molecule has 2 N–H and O–H groups in total. The van der Waals surface area contributed by atoms with Crippen molar-refractivity contribution in [2.45, 2.75) is 19.0 Å². The molecule has 122 valence electrons. The van der Waals surface area contributed by atoms with E-state index in [0.717, 1.165) is 11.1 Å². The van der Waals surface area contributed by atoms with Crippen LogP contribution in [0.1, 0.15) is 18.0 Å². The number of carbonyl (C=O) groups is 2. The van der Waals surface area contributed by atoms with Gasteiger partial charge in [-0.05, 0) is 17.7 Å². The van der Waals surface area contributed by atoms with Crippen molar-refractivity contribution in [3.8, 4) is 0 Å². The van der Waals surface area contributed by atoms with Crippen molar-refractivity contribution in [3.63, 3.8) is 0 Å². The van der Waals surface area contributed by atoms with Crippen LogP contribution >= 0.6 is 0 Å². The standard InChI is InChI=1S/C17H16N4O3/c22-16(11-21-15-9-5-4-8-13(15)19-20-21)18-14(10-17(23)24)12-6-2-1-3-7-12/h1-9,14H,10-11H2,(H,18,22)(H,23,24)/t14-/m0/s1. The minimum absolute atomic E-state index is 0.0243. The van der Waals surface area contributed by atoms with Gasteiger partial charge in [-0.3, -0.25) is 9.59 Å². The molecule has 0 bridgehead atoms. The molecule has 0 saturated heterocycles. The highest BCUT2D eigenvalue weighted by Crippen LogP contribution is 2.17. The lowest BCUT2D eigenvalue weighted by Gasteiger charge is -2.17. The van der Waals surface area contributed by atoms with Crippen LogP contribution in [0.25, 0.3) is 11.0 Å². The summed E-state index contributed by atoms with van der Waals surface area (Å²) >= 11 is 0. The third-order valence-electron chi connectivity index (χ3n) is 3.63. The van der Waals surface area contributed by atoms with Crippen molar-refractivity contribution < 1.29 is 14.7 Å². The molecule has 0 aliphatic rings. The van der Waals surface area contributed by atoms with Gasteiger partial charge >= 0.3 is 5.97 Å². The Morgan fingerprint density at radius 2 is 1.79 bits per heavy atom. The molecule has 3 rings (SSSR count). The molecule has 0 aliphatic heterocycles. The summed E-state index contributed by atoms with van der Waals surface area (Å²) in [4.78, 5) is 23.4. The van der Waals surface area contributed by atoms with Crippen LogP contribution in [-0.4, -0.2) is 32.0 Å². The fraction of sp³-hybridized carbons (Fsp3) is 0.176. The largest absolute Gasteiger partial charge is 0.481 e. The second-order valence-electron chi connectivity index (χ2n) is 5.36. The van der Waals surface area contributed by atoms with E-state index in [9.17, 15) is 9.59 Å². The summed E-state index contributed by atoms with van der Waals surface area (Å²) in [6.07, 6.45) is -0.187. The molecule has 0 unspecified atom stereocenters. The van der Waals surface area contributed by atoms with Gasteiger partial charge in [0, 0.05) is 0 Å². The van der Waals surface area contributed by atoms with Crippen LogP contribution in [0.4, 0.5) is 0 Å². The van der Waals surface area contributed by atoms with E-state index in [1.54, 1.807) is 24.3 Å². The Balaban J connectivity index is 1.75. The van der Waals surface area contributed by atoms with Gasteiger partial charge in [-0.25, -0.2) is 4.68 Å². The van der Waals surface area contributed by atoms with E-state index in [-0.39, 0.29) is 18.9 Å². The number of benzene rings is 2. The van der Waals surface area contributed by atoms with Crippen molar-refractivity contribution in [2.75, 3.05) is 0 Å². The van der Waals surface area contributed by atoms with Crippen LogP contribution in [-0.2, 0) is 16.1 Å². The number of amides is 1. The average Bonchev–Trinajstić information content (AvgIpc) is 2.98. The number of aromatic nitrogens is 3. The number of para-hydroxylation sites is 1. The van der Waals surface area contributed by atoms with Gasteiger partial charge in [0.15, 0.2) is 0 Å². The second-order valence-corrected chi connectivity index (χ2v) is 5.36. The Kier molecular flexibility index (Phi) is 4.51. The van der Waals surface area contributed by atoms with Gasteiger partial charge in [-0.15, -0.1) is 5.10 Å². The summed E-state index contributed by atoms with van der Waals surface area (Å²) in [5.41, 5.74) is 2.20. The van der Waals surface area contributed by atoms with E-state index in [1.807, 2.05) is 30.3 Å². The van der Waals surface area contributed by atoms with Gasteiger partial charge in [-0.2, -0.15) is 0 Å². The van der Waals surface area contributed by atoms with Crippen molar-refractivity contribution in [1.29, 1.82) is 0 Å². The smallest absolute Gasteiger partial charge is 0.305 e. The predicted octanol–water partition coefficient (Wildman–Crippen LogP) is 1.76. The molecule has 0 spiro atoms. The Morgan fingerprint density at radius 3 is 2.54 bits per heavy atom. The van der Waals surface area contributed by atoms with Crippen molar-refractivity contribution >= 4 is 22.9 Å². The first-order chi connectivity index (χ1) is 11.6. The van der Waals surface area contributed by atoms with Crippen LogP contribution in [0.3, 0.4) is 0 Å². The summed E-state index contributed by atoms with van der Waals surface area (Å²) in [6, 6.07) is 15.8. The molecule has 7 nitrogen and oxygen atoms in total. The van der Waals surface area contributed by atoms with Gasteiger partial charge in [0.1, 0.15) is 12.1 Å². The fourth-order valence-electron chi connectivity index (χ4n) is 2.52. The maximum Gasteiger partial charge on any atom is 0.305 e. The van der Waals surface area contributed by atoms with Crippen molar-refractivity contribution in [2.24, 2.45) is 0 Å². The summed E-state index contributed by atoms with van der Waals surface area (Å²) in [6.45, 7) is -0.0243. The van der Waals surface area contributed by atoms with Crippen molar-refractivity contribution in [3.05, 3.63) is 60.2 Å². The Hall–Kier alpha value is -3.22. The first kappa shape index (κ1) is 15.7. The molecule has 7 heteroatoms. The number of rotatable bonds is 6. The first-order valence-corrected chi connectivity index (χ1v) is 7.48. The van der Waals surface area contributed by atoms with Crippen LogP contribution in [0.15, 0.2) is 54.6 Å². The zero-order valence-corrected chi connectivity index (χ0v) is 12.8. The number of nitrogens with zero attached hydrogens (tertiary/aromatic N) is 3. The van der Waals surface area contributed by atoms with Gasteiger partial charge in [0.2, 0.25) is 5.91 Å². The third-order valence-corrected chi connectivity index (χ3v) is 3.63. The highest BCUT2D eigenvalue weighted by molar-refractivity contribution is 5.80. The van der Waals surface area contributed by atoms with E-state index < -0.39 is 12.0 Å². The quantitative estimate of drug-likeness (QED) is 0.720. The van der Waals surface area contributed by atoms with E-state index >= 15 is 0 Å². The van der Waals surface area contributed by atoms with E-state index in [0.29, 0.717) is 5.52 Å². The van der Waals surface area contributed by atoms with E-state index in [4.69, 9.17) is 5.11 Å². The van der Waals surface area contributed by atoms with Crippen molar-refractivity contribution in [1.82, 2.24) is 20.3 Å². The SMILES string of the molecule is O=C(O)C[C@H](NC(=O)Cn1nnc2ccccc21)c1ccccc1. The lowest BCUT2D eigenvalue weighted by atomic mass is 10.0. The summed E-state index contributed by atoms with van der Waals surface area (Å²) in [5, 5.41) is 19.8. The predicted molar refractivity (Wildman–Crippen MR) is 87.1 cm³/mol. The highest BCUT2D eigenvalue weighted by atomic mass is 16.4. The third kappa shape index (κ3) is 3.57. The molecule has 3 aromatic rings. The number of fused-ring (bicyclic) bond motifs is 1. The Morgan fingerprint density at radius 1 is 1.08 bits per heavy atom. The maximum absolute atomic E-state index is 12.3. The maximum atomic E-state index is 12.3. The zero-order valence-electron chi connectivity index (χ0n) is 12.8. The van der Waals surface area contributed by atoms with Crippen LogP contribution in [0.5, 0.6) is 0 Å². The van der Waals surface area contributed by atoms with E-state index in [1.165, 1.54) is 4.68 Å². The van der Waals surface area contributed by atoms with Gasteiger partial charge in [0.05, 0.1) is 18.0 Å². The highest BCUT2D eigenvalue weighted by Gasteiger charge is 2.18. The molecule has 1 amide bonds. The lowest BCUT2D eigenvalue weighted by molar-refractivity contribution is -0.137. The number of carboxylic acids is 1. The summed E-state index contributed by atoms with van der Waals surface area (Å²) in [7, 11) is 0. The molecule has 2 aromatic carbocycles. The topological polar surface area (TPSA) is 97.1 Å². The number of carbonyl (C=O) groups excluding carboxylic acids is 1. The van der Waals surface area contributed by atoms with Gasteiger partial charge in [-0.1, -0.05) is 47.7 Å². The molecular weight excluding hydrogens is 308 g/mol. The number of aliphatic carboxylic acids is 1. The Labute approximate surface area is 137 Å². The van der Waals surface area contributed by atoms with E-state index in [2.05, 4.69) is 15.6 Å². The molecule has 1 heterocycles. The van der Waals surface area contributed by atoms with Gasteiger partial charge < -0.3 is 10.4 Å². The minimum Gasteiger partial charge on any atom is -0.481 e. The normalized spacial score (nSPS) is 12.0. The monoisotopic (exact) mass is 324 g/mol. The Bertz CT molecular complexity index is 860. The fourth-order valence-corrected chi connectivity index (χ4v) is 2.52. The summed E-state index contributed by atoms with van der Waals surface area (Å²) in [5.74, 6) is -1.30. The second kappa shape index (κ2) is 6.91. The molecule has 24 heavy (non-hydrogen) atoms. The molecule has 0 radical (unpaired) electrons. The lowest BCUT2D eigenvalue weighted by Crippen LogP contribution is -2.33. The number of carboxylic acid groups (broad SMARTS) is 1. The molecule has 0 fully saturated rings. The molecule has 0 aliphatic carbocycles. The average molecular weight is 324 g/mol.